The average Bonchev–Trinajstić information content (AvgIpc) is 3.73. The number of carbonyl (C=O) groups is 1. The highest BCUT2D eigenvalue weighted by Crippen LogP contribution is 2.42. The van der Waals surface area contributed by atoms with Crippen molar-refractivity contribution in [3.8, 4) is 17.0 Å². The normalized spacial score (nSPS) is 17.3. The molecule has 3 aromatic rings. The van der Waals surface area contributed by atoms with Gasteiger partial charge >= 0.3 is 0 Å². The summed E-state index contributed by atoms with van der Waals surface area (Å²) in [6, 6.07) is 12.7. The second-order valence-corrected chi connectivity index (χ2v) is 11.9. The summed E-state index contributed by atoms with van der Waals surface area (Å²) < 4.78 is 14.8. The van der Waals surface area contributed by atoms with Crippen molar-refractivity contribution in [2.24, 2.45) is 4.99 Å². The molecule has 1 aromatic heterocycles. The standard InChI is InChI=1S/C32H37N5O3S/c1-4-5-12-28-35-32(15-8-9-16-32)31(38)37(28)18-22-13-14-23(26-20-40-19-25(22)26)24-10-6-7-11-27(24)41-36-29-30(39-3)34-21(2)17-33-29/h6-7,10-11,13-14,17H,4-5,8-9,12,15-16,18-20H2,1-3H3,(H,33,36). The van der Waals surface area contributed by atoms with Crippen LogP contribution < -0.4 is 9.46 Å². The number of rotatable bonds is 10. The van der Waals surface area contributed by atoms with Crippen molar-refractivity contribution in [3.63, 3.8) is 0 Å². The maximum Gasteiger partial charge on any atom is 0.258 e. The molecule has 2 aliphatic heterocycles. The van der Waals surface area contributed by atoms with E-state index in [0.29, 0.717) is 31.5 Å². The van der Waals surface area contributed by atoms with Gasteiger partial charge < -0.3 is 14.2 Å². The first-order chi connectivity index (χ1) is 20.0. The van der Waals surface area contributed by atoms with E-state index in [1.165, 1.54) is 23.1 Å². The number of fused-ring (bicyclic) bond motifs is 1. The molecule has 0 saturated heterocycles. The molecular formula is C32H37N5O3S. The van der Waals surface area contributed by atoms with Crippen LogP contribution in [0.25, 0.3) is 11.1 Å². The number of ether oxygens (including phenoxy) is 2. The number of nitrogens with zero attached hydrogens (tertiary/aromatic N) is 4. The first-order valence-electron chi connectivity index (χ1n) is 14.5. The van der Waals surface area contributed by atoms with Gasteiger partial charge in [-0.05, 0) is 72.0 Å². The van der Waals surface area contributed by atoms with Crippen LogP contribution in [-0.4, -0.2) is 39.3 Å². The summed E-state index contributed by atoms with van der Waals surface area (Å²) >= 11 is 1.48. The molecule has 214 valence electrons. The molecule has 9 heteroatoms. The monoisotopic (exact) mass is 571 g/mol. The van der Waals surface area contributed by atoms with Gasteiger partial charge in [0.25, 0.3) is 11.8 Å². The van der Waals surface area contributed by atoms with Crippen molar-refractivity contribution < 1.29 is 14.3 Å². The van der Waals surface area contributed by atoms with Gasteiger partial charge in [-0.15, -0.1) is 0 Å². The molecule has 1 saturated carbocycles. The fourth-order valence-electron chi connectivity index (χ4n) is 6.16. The fraction of sp³-hybridized carbons (Fsp3) is 0.438. The minimum atomic E-state index is -0.518. The smallest absolute Gasteiger partial charge is 0.258 e. The number of hydrogen-bond donors (Lipinski definition) is 1. The number of benzene rings is 2. The second kappa shape index (κ2) is 11.8. The van der Waals surface area contributed by atoms with Gasteiger partial charge in [0.15, 0.2) is 5.82 Å². The van der Waals surface area contributed by atoms with Gasteiger partial charge in [-0.3, -0.25) is 14.7 Å². The number of hydrogen-bond acceptors (Lipinski definition) is 8. The molecular weight excluding hydrogens is 534 g/mol. The van der Waals surface area contributed by atoms with Gasteiger partial charge in [0.2, 0.25) is 0 Å². The molecule has 41 heavy (non-hydrogen) atoms. The Kier molecular flexibility index (Phi) is 7.99. The highest BCUT2D eigenvalue weighted by Gasteiger charge is 2.49. The van der Waals surface area contributed by atoms with E-state index in [2.05, 4.69) is 51.9 Å². The summed E-state index contributed by atoms with van der Waals surface area (Å²) in [5.41, 5.74) is 6.07. The predicted molar refractivity (Wildman–Crippen MR) is 162 cm³/mol. The number of methoxy groups -OCH3 is 1. The van der Waals surface area contributed by atoms with Crippen LogP contribution >= 0.6 is 11.9 Å². The van der Waals surface area contributed by atoms with Crippen molar-refractivity contribution >= 4 is 29.5 Å². The first-order valence-corrected chi connectivity index (χ1v) is 15.4. The number of aryl methyl sites for hydroxylation is 1. The molecule has 0 radical (unpaired) electrons. The van der Waals surface area contributed by atoms with Gasteiger partial charge in [0.1, 0.15) is 11.4 Å². The lowest BCUT2D eigenvalue weighted by Crippen LogP contribution is -2.40. The van der Waals surface area contributed by atoms with Crippen LogP contribution in [0.5, 0.6) is 5.88 Å². The van der Waals surface area contributed by atoms with E-state index < -0.39 is 5.54 Å². The van der Waals surface area contributed by atoms with Crippen molar-refractivity contribution in [1.82, 2.24) is 14.9 Å². The first kappa shape index (κ1) is 27.7. The Bertz CT molecular complexity index is 1480. The summed E-state index contributed by atoms with van der Waals surface area (Å²) in [5.74, 6) is 2.21. The van der Waals surface area contributed by atoms with E-state index in [9.17, 15) is 4.79 Å². The lowest BCUT2D eigenvalue weighted by atomic mass is 9.93. The van der Waals surface area contributed by atoms with E-state index in [4.69, 9.17) is 14.5 Å². The minimum Gasteiger partial charge on any atom is -0.478 e. The Morgan fingerprint density at radius 3 is 2.71 bits per heavy atom. The number of nitrogens with one attached hydrogen (secondary N) is 1. The number of amidine groups is 1. The van der Waals surface area contributed by atoms with Crippen molar-refractivity contribution in [2.75, 3.05) is 11.8 Å². The van der Waals surface area contributed by atoms with E-state index in [-0.39, 0.29) is 5.91 Å². The lowest BCUT2D eigenvalue weighted by Gasteiger charge is -2.24. The molecule has 8 nitrogen and oxygen atoms in total. The van der Waals surface area contributed by atoms with E-state index in [1.54, 1.807) is 13.3 Å². The molecule has 1 N–H and O–H groups in total. The van der Waals surface area contributed by atoms with Gasteiger partial charge in [0, 0.05) is 11.3 Å². The molecule has 1 aliphatic carbocycles. The maximum absolute atomic E-state index is 13.7. The van der Waals surface area contributed by atoms with Crippen molar-refractivity contribution in [2.45, 2.75) is 89.0 Å². The quantitative estimate of drug-likeness (QED) is 0.266. The Hall–Kier alpha value is -3.43. The number of aromatic nitrogens is 2. The summed E-state index contributed by atoms with van der Waals surface area (Å²) in [6.07, 6.45) is 8.62. The molecule has 3 heterocycles. The zero-order valence-corrected chi connectivity index (χ0v) is 24.9. The van der Waals surface area contributed by atoms with Crippen LogP contribution in [0.4, 0.5) is 5.82 Å². The third kappa shape index (κ3) is 5.33. The van der Waals surface area contributed by atoms with Gasteiger partial charge in [0.05, 0.1) is 38.8 Å². The minimum absolute atomic E-state index is 0.195. The van der Waals surface area contributed by atoms with Crippen LogP contribution in [0.1, 0.15) is 74.3 Å². The Morgan fingerprint density at radius 2 is 1.90 bits per heavy atom. The highest BCUT2D eigenvalue weighted by molar-refractivity contribution is 8.00. The molecule has 1 spiro atoms. The van der Waals surface area contributed by atoms with Crippen molar-refractivity contribution in [1.29, 1.82) is 0 Å². The van der Waals surface area contributed by atoms with Crippen LogP contribution in [0.15, 0.2) is 52.5 Å². The SMILES string of the molecule is CCCCC1=NC2(CCCC2)C(=O)N1Cc1ccc(-c2ccccc2SNc2ncc(C)nc2OC)c2c1COC2. The summed E-state index contributed by atoms with van der Waals surface area (Å²) in [6.45, 7) is 5.73. The Morgan fingerprint density at radius 1 is 1.10 bits per heavy atom. The highest BCUT2D eigenvalue weighted by atomic mass is 32.2. The number of aliphatic imine (C=N–C) groups is 1. The van der Waals surface area contributed by atoms with Gasteiger partial charge in [-0.2, -0.15) is 0 Å². The summed E-state index contributed by atoms with van der Waals surface area (Å²) in [4.78, 5) is 30.8. The molecule has 6 rings (SSSR count). The van der Waals surface area contributed by atoms with Crippen LogP contribution in [0.2, 0.25) is 0 Å². The van der Waals surface area contributed by atoms with E-state index >= 15 is 0 Å². The molecule has 0 unspecified atom stereocenters. The lowest BCUT2D eigenvalue weighted by molar-refractivity contribution is -0.131. The fourth-order valence-corrected chi connectivity index (χ4v) is 6.94. The van der Waals surface area contributed by atoms with Crippen LogP contribution in [-0.2, 0) is 29.3 Å². The molecule has 0 atom stereocenters. The average molecular weight is 572 g/mol. The van der Waals surface area contributed by atoms with Gasteiger partial charge in [-0.1, -0.05) is 56.5 Å². The molecule has 1 fully saturated rings. The Balaban J connectivity index is 1.28. The number of carbonyl (C=O) groups excluding carboxylic acids is 1. The largest absolute Gasteiger partial charge is 0.478 e. The zero-order valence-electron chi connectivity index (χ0n) is 24.0. The van der Waals surface area contributed by atoms with E-state index in [0.717, 1.165) is 78.1 Å². The van der Waals surface area contributed by atoms with Crippen molar-refractivity contribution in [3.05, 3.63) is 65.0 Å². The third-order valence-electron chi connectivity index (χ3n) is 8.32. The molecule has 2 aromatic carbocycles. The van der Waals surface area contributed by atoms with E-state index in [1.807, 2.05) is 17.9 Å². The predicted octanol–water partition coefficient (Wildman–Crippen LogP) is 6.85. The molecule has 0 bridgehead atoms. The second-order valence-electron chi connectivity index (χ2n) is 11.1. The summed E-state index contributed by atoms with van der Waals surface area (Å²) in [5, 5.41) is 0. The van der Waals surface area contributed by atoms with Gasteiger partial charge in [-0.25, -0.2) is 9.97 Å². The third-order valence-corrected chi connectivity index (χ3v) is 9.19. The molecule has 3 aliphatic rings. The Labute approximate surface area is 246 Å². The van der Waals surface area contributed by atoms with Crippen LogP contribution in [0, 0.1) is 6.92 Å². The summed E-state index contributed by atoms with van der Waals surface area (Å²) in [7, 11) is 1.60. The topological polar surface area (TPSA) is 88.9 Å². The maximum atomic E-state index is 13.7. The number of amides is 1. The number of anilines is 1. The number of unbranched alkanes of at least 4 members (excludes halogenated alkanes) is 1. The zero-order chi connectivity index (χ0) is 28.4. The van der Waals surface area contributed by atoms with Crippen LogP contribution in [0.3, 0.4) is 0 Å². The molecule has 1 amide bonds.